The number of carbonyl (C=O) groups is 3. The number of ether oxygens (including phenoxy) is 1. The van der Waals surface area contributed by atoms with E-state index in [1.807, 2.05) is 22.6 Å². The lowest BCUT2D eigenvalue weighted by molar-refractivity contribution is -0.148. The van der Waals surface area contributed by atoms with E-state index in [0.717, 1.165) is 0 Å². The summed E-state index contributed by atoms with van der Waals surface area (Å²) in [6.45, 7) is 1.92. The fourth-order valence-corrected chi connectivity index (χ4v) is 1.70. The fourth-order valence-electron chi connectivity index (χ4n) is 1.16. The van der Waals surface area contributed by atoms with Crippen LogP contribution in [0.25, 0.3) is 0 Å². The summed E-state index contributed by atoms with van der Waals surface area (Å²) in [6, 6.07) is 0. The average Bonchev–Trinajstić information content (AvgIpc) is 2.19. The minimum absolute atomic E-state index is 0.196. The van der Waals surface area contributed by atoms with Gasteiger partial charge in [-0.15, -0.1) is 0 Å². The van der Waals surface area contributed by atoms with Gasteiger partial charge < -0.3 is 10.1 Å². The zero-order valence-corrected chi connectivity index (χ0v) is 10.2. The minimum Gasteiger partial charge on any atom is -0.466 e. The number of allylic oxidation sites excluding steroid dienone is 1. The first-order valence-electron chi connectivity index (χ1n) is 4.42. The first-order valence-corrected chi connectivity index (χ1v) is 5.50. The molecular weight excluding hydrogens is 313 g/mol. The Morgan fingerprint density at radius 1 is 1.60 bits per heavy atom. The number of Topliss-reactive ketones (excluding diaryl/α,β-unsaturated/α-hetero) is 1. The van der Waals surface area contributed by atoms with Gasteiger partial charge in [-0.05, 0) is 29.5 Å². The standard InChI is InChI=1S/C9H10INO4/c1-2-15-7(12)3-5-8(13)6(10)4-11-9(5)14/h4-5H,2-3H2,1H3,(H,11,14). The molecule has 0 aliphatic carbocycles. The van der Waals surface area contributed by atoms with E-state index in [0.29, 0.717) is 3.58 Å². The number of ketones is 1. The van der Waals surface area contributed by atoms with Crippen molar-refractivity contribution in [3.63, 3.8) is 0 Å². The minimum atomic E-state index is -0.944. The van der Waals surface area contributed by atoms with Crippen molar-refractivity contribution in [3.8, 4) is 0 Å². The molecule has 0 spiro atoms. The molecule has 0 saturated heterocycles. The number of rotatable bonds is 3. The normalized spacial score (nSPS) is 20.7. The van der Waals surface area contributed by atoms with Gasteiger partial charge in [-0.25, -0.2) is 0 Å². The summed E-state index contributed by atoms with van der Waals surface area (Å²) in [7, 11) is 0. The third-order valence-electron chi connectivity index (χ3n) is 1.89. The number of hydrogen-bond acceptors (Lipinski definition) is 4. The molecule has 1 N–H and O–H groups in total. The number of nitrogens with one attached hydrogen (secondary N) is 1. The van der Waals surface area contributed by atoms with Crippen molar-refractivity contribution in [2.24, 2.45) is 5.92 Å². The van der Waals surface area contributed by atoms with Crippen molar-refractivity contribution < 1.29 is 19.1 Å². The van der Waals surface area contributed by atoms with E-state index >= 15 is 0 Å². The largest absolute Gasteiger partial charge is 0.466 e. The molecule has 0 aromatic carbocycles. The maximum atomic E-state index is 11.5. The van der Waals surface area contributed by atoms with Gasteiger partial charge in [-0.2, -0.15) is 0 Å². The summed E-state index contributed by atoms with van der Waals surface area (Å²) in [5.41, 5.74) is 0. The molecule has 1 atom stereocenters. The topological polar surface area (TPSA) is 72.5 Å². The molecule has 0 fully saturated rings. The van der Waals surface area contributed by atoms with Crippen LogP contribution in [0.4, 0.5) is 0 Å². The molecule has 0 aromatic heterocycles. The van der Waals surface area contributed by atoms with E-state index in [2.05, 4.69) is 10.1 Å². The summed E-state index contributed by atoms with van der Waals surface area (Å²) in [5.74, 6) is -2.25. The van der Waals surface area contributed by atoms with Crippen LogP contribution in [0.2, 0.25) is 0 Å². The van der Waals surface area contributed by atoms with E-state index < -0.39 is 17.8 Å². The summed E-state index contributed by atoms with van der Waals surface area (Å²) >= 11 is 1.82. The van der Waals surface area contributed by atoms with Crippen LogP contribution in [0.5, 0.6) is 0 Å². The van der Waals surface area contributed by atoms with Gasteiger partial charge in [-0.3, -0.25) is 14.4 Å². The summed E-state index contributed by atoms with van der Waals surface area (Å²) < 4.78 is 5.10. The molecule has 1 aliphatic heterocycles. The number of hydrogen-bond donors (Lipinski definition) is 1. The quantitative estimate of drug-likeness (QED) is 0.467. The SMILES string of the molecule is CCOC(=O)CC1C(=O)NC=C(I)C1=O. The lowest BCUT2D eigenvalue weighted by atomic mass is 9.97. The van der Waals surface area contributed by atoms with E-state index in [9.17, 15) is 14.4 Å². The van der Waals surface area contributed by atoms with Gasteiger partial charge in [-0.1, -0.05) is 0 Å². The van der Waals surface area contributed by atoms with Crippen LogP contribution >= 0.6 is 22.6 Å². The Balaban J connectivity index is 2.68. The first-order chi connectivity index (χ1) is 7.06. The van der Waals surface area contributed by atoms with Gasteiger partial charge in [0.2, 0.25) is 5.91 Å². The van der Waals surface area contributed by atoms with Crippen molar-refractivity contribution in [2.45, 2.75) is 13.3 Å². The maximum absolute atomic E-state index is 11.5. The zero-order valence-electron chi connectivity index (χ0n) is 8.08. The second kappa shape index (κ2) is 5.24. The third-order valence-corrected chi connectivity index (χ3v) is 2.73. The highest BCUT2D eigenvalue weighted by atomic mass is 127. The van der Waals surface area contributed by atoms with Crippen molar-refractivity contribution in [2.75, 3.05) is 6.61 Å². The fraction of sp³-hybridized carbons (Fsp3) is 0.444. The van der Waals surface area contributed by atoms with Crippen LogP contribution in [0.3, 0.4) is 0 Å². The monoisotopic (exact) mass is 323 g/mol. The van der Waals surface area contributed by atoms with Gasteiger partial charge in [0, 0.05) is 6.20 Å². The zero-order chi connectivity index (χ0) is 11.4. The lowest BCUT2D eigenvalue weighted by Crippen LogP contribution is -2.38. The van der Waals surface area contributed by atoms with Crippen molar-refractivity contribution in [1.82, 2.24) is 5.32 Å². The Morgan fingerprint density at radius 2 is 2.27 bits per heavy atom. The second-order valence-corrected chi connectivity index (χ2v) is 4.09. The summed E-state index contributed by atoms with van der Waals surface area (Å²) in [4.78, 5) is 34.0. The average molecular weight is 323 g/mol. The Kier molecular flexibility index (Phi) is 4.25. The first kappa shape index (κ1) is 12.2. The Hall–Kier alpha value is -0.920. The number of amides is 1. The molecule has 1 amide bonds. The molecule has 0 saturated carbocycles. The van der Waals surface area contributed by atoms with Crippen molar-refractivity contribution >= 4 is 40.3 Å². The highest BCUT2D eigenvalue weighted by Crippen LogP contribution is 2.20. The van der Waals surface area contributed by atoms with E-state index in [1.54, 1.807) is 6.92 Å². The number of carbonyl (C=O) groups excluding carboxylic acids is 3. The van der Waals surface area contributed by atoms with E-state index in [1.165, 1.54) is 6.20 Å². The summed E-state index contributed by atoms with van der Waals surface area (Å²) in [6.07, 6.45) is 1.14. The predicted octanol–water partition coefficient (Wildman–Crippen LogP) is 0.531. The third kappa shape index (κ3) is 3.01. The highest BCUT2D eigenvalue weighted by molar-refractivity contribution is 14.1. The molecule has 82 valence electrons. The van der Waals surface area contributed by atoms with Gasteiger partial charge in [0.15, 0.2) is 5.78 Å². The van der Waals surface area contributed by atoms with Gasteiger partial charge in [0.1, 0.15) is 5.92 Å². The molecule has 1 aliphatic rings. The van der Waals surface area contributed by atoms with Crippen LogP contribution in [-0.4, -0.2) is 24.3 Å². The van der Waals surface area contributed by atoms with E-state index in [4.69, 9.17) is 0 Å². The van der Waals surface area contributed by atoms with Crippen molar-refractivity contribution in [1.29, 1.82) is 0 Å². The molecule has 0 bridgehead atoms. The van der Waals surface area contributed by atoms with Gasteiger partial charge in [0.05, 0.1) is 16.6 Å². The lowest BCUT2D eigenvalue weighted by Gasteiger charge is -2.17. The van der Waals surface area contributed by atoms with Crippen LogP contribution < -0.4 is 5.32 Å². The smallest absolute Gasteiger partial charge is 0.307 e. The number of esters is 1. The molecule has 0 aromatic rings. The van der Waals surface area contributed by atoms with Crippen molar-refractivity contribution in [3.05, 3.63) is 9.78 Å². The van der Waals surface area contributed by atoms with Crippen LogP contribution in [0.1, 0.15) is 13.3 Å². The highest BCUT2D eigenvalue weighted by Gasteiger charge is 2.33. The van der Waals surface area contributed by atoms with Crippen LogP contribution in [0.15, 0.2) is 9.78 Å². The van der Waals surface area contributed by atoms with Crippen LogP contribution in [-0.2, 0) is 19.1 Å². The molecule has 1 unspecified atom stereocenters. The van der Waals surface area contributed by atoms with Gasteiger partial charge >= 0.3 is 5.97 Å². The molecule has 6 heteroatoms. The molecule has 5 nitrogen and oxygen atoms in total. The second-order valence-electron chi connectivity index (χ2n) is 2.93. The predicted molar refractivity (Wildman–Crippen MR) is 60.0 cm³/mol. The number of halogens is 1. The Bertz CT molecular complexity index is 337. The molecular formula is C9H10INO4. The molecule has 1 rings (SSSR count). The van der Waals surface area contributed by atoms with Crippen LogP contribution in [0, 0.1) is 5.92 Å². The Labute approximate surface area is 100 Å². The van der Waals surface area contributed by atoms with E-state index in [-0.39, 0.29) is 18.8 Å². The Morgan fingerprint density at radius 3 is 2.87 bits per heavy atom. The van der Waals surface area contributed by atoms with Gasteiger partial charge in [0.25, 0.3) is 0 Å². The molecule has 0 radical (unpaired) electrons. The molecule has 1 heterocycles. The molecule has 15 heavy (non-hydrogen) atoms. The summed E-state index contributed by atoms with van der Waals surface area (Å²) in [5, 5.41) is 2.42. The maximum Gasteiger partial charge on any atom is 0.307 e.